The van der Waals surface area contributed by atoms with Gasteiger partial charge in [0.05, 0.1) is 19.4 Å². The van der Waals surface area contributed by atoms with Crippen LogP contribution < -0.4 is 9.64 Å². The van der Waals surface area contributed by atoms with Gasteiger partial charge in [0.25, 0.3) is 0 Å². The summed E-state index contributed by atoms with van der Waals surface area (Å²) >= 11 is 0. The van der Waals surface area contributed by atoms with Gasteiger partial charge in [0.2, 0.25) is 5.88 Å². The van der Waals surface area contributed by atoms with Crippen molar-refractivity contribution in [3.05, 3.63) is 71.9 Å². The predicted molar refractivity (Wildman–Crippen MR) is 118 cm³/mol. The second kappa shape index (κ2) is 10.5. The van der Waals surface area contributed by atoms with E-state index in [2.05, 4.69) is 9.97 Å². The van der Waals surface area contributed by atoms with Crippen LogP contribution in [0.2, 0.25) is 0 Å². The lowest BCUT2D eigenvalue weighted by atomic mass is 10.0. The zero-order valence-corrected chi connectivity index (χ0v) is 18.2. The van der Waals surface area contributed by atoms with Gasteiger partial charge < -0.3 is 9.47 Å². The molecule has 0 bridgehead atoms. The van der Waals surface area contributed by atoms with E-state index in [0.29, 0.717) is 35.5 Å². The van der Waals surface area contributed by atoms with Crippen molar-refractivity contribution in [2.45, 2.75) is 19.8 Å². The third-order valence-electron chi connectivity index (χ3n) is 4.88. The molecule has 0 aliphatic heterocycles. The first-order chi connectivity index (χ1) is 15.4. The fourth-order valence-corrected chi connectivity index (χ4v) is 3.07. The van der Waals surface area contributed by atoms with Gasteiger partial charge in [0, 0.05) is 37.5 Å². The third-order valence-corrected chi connectivity index (χ3v) is 4.88. The van der Waals surface area contributed by atoms with Crippen LogP contribution in [-0.2, 0) is 11.2 Å². The Morgan fingerprint density at radius 1 is 1.03 bits per heavy atom. The average Bonchev–Trinajstić information content (AvgIpc) is 2.82. The number of amides is 1. The summed E-state index contributed by atoms with van der Waals surface area (Å²) in [5, 5.41) is 0. The van der Waals surface area contributed by atoms with E-state index in [1.165, 1.54) is 25.4 Å². The molecule has 2 heterocycles. The van der Waals surface area contributed by atoms with Crippen LogP contribution in [0.15, 0.2) is 54.9 Å². The molecule has 32 heavy (non-hydrogen) atoms. The van der Waals surface area contributed by atoms with Gasteiger partial charge in [0.15, 0.2) is 5.78 Å². The molecule has 1 amide bonds. The molecular weight excluding hydrogens is 413 g/mol. The van der Waals surface area contributed by atoms with E-state index < -0.39 is 11.9 Å². The average molecular weight is 437 g/mol. The Kier molecular flexibility index (Phi) is 7.49. The highest BCUT2D eigenvalue weighted by Gasteiger charge is 2.17. The minimum atomic E-state index is -0.630. The van der Waals surface area contributed by atoms with Gasteiger partial charge in [-0.15, -0.1) is 0 Å². The molecule has 0 unspecified atom stereocenters. The number of rotatable bonds is 8. The number of pyridine rings is 2. The Morgan fingerprint density at radius 3 is 2.41 bits per heavy atom. The predicted octanol–water partition coefficient (Wildman–Crippen LogP) is 4.70. The van der Waals surface area contributed by atoms with Gasteiger partial charge in [-0.1, -0.05) is 18.2 Å². The van der Waals surface area contributed by atoms with Gasteiger partial charge in [-0.05, 0) is 42.7 Å². The highest BCUT2D eigenvalue weighted by atomic mass is 19.1. The molecule has 0 radical (unpaired) electrons. The molecule has 0 saturated heterocycles. The zero-order valence-electron chi connectivity index (χ0n) is 18.2. The van der Waals surface area contributed by atoms with Crippen LogP contribution in [0.25, 0.3) is 11.1 Å². The van der Waals surface area contributed by atoms with Crippen molar-refractivity contribution < 1.29 is 23.5 Å². The van der Waals surface area contributed by atoms with Crippen LogP contribution in [0.4, 0.5) is 14.9 Å². The maximum absolute atomic E-state index is 14.6. The highest BCUT2D eigenvalue weighted by molar-refractivity contribution is 5.94. The molecule has 0 atom stereocenters. The van der Waals surface area contributed by atoms with Crippen LogP contribution in [-0.4, -0.2) is 42.6 Å². The molecule has 0 aliphatic rings. The fourth-order valence-electron chi connectivity index (χ4n) is 3.07. The Morgan fingerprint density at radius 2 is 1.81 bits per heavy atom. The van der Waals surface area contributed by atoms with Crippen LogP contribution >= 0.6 is 0 Å². The lowest BCUT2D eigenvalue weighted by Crippen LogP contribution is -2.27. The molecule has 166 valence electrons. The summed E-state index contributed by atoms with van der Waals surface area (Å²) in [7, 11) is 2.99. The molecule has 2 aromatic heterocycles. The summed E-state index contributed by atoms with van der Waals surface area (Å²) in [6.45, 7) is 1.89. The molecule has 3 rings (SSSR count). The van der Waals surface area contributed by atoms with Crippen molar-refractivity contribution in [1.82, 2.24) is 9.97 Å². The van der Waals surface area contributed by atoms with Crippen molar-refractivity contribution in [3.8, 4) is 17.0 Å². The van der Waals surface area contributed by atoms with Gasteiger partial charge in [-0.2, -0.15) is 0 Å². The second-order valence-electron chi connectivity index (χ2n) is 6.99. The number of carbonyl (C=O) groups excluding carboxylic acids is 2. The Hall–Kier alpha value is -3.81. The summed E-state index contributed by atoms with van der Waals surface area (Å²) < 4.78 is 24.5. The number of carbonyl (C=O) groups is 2. The van der Waals surface area contributed by atoms with Crippen molar-refractivity contribution in [2.24, 2.45) is 0 Å². The molecule has 0 N–H and O–H groups in total. The number of Topliss-reactive ketones (excluding diaryl/α,β-unsaturated/α-hetero) is 1. The third kappa shape index (κ3) is 5.46. The molecular formula is C24H24FN3O4. The minimum absolute atomic E-state index is 0.0926. The molecule has 3 aromatic rings. The first-order valence-electron chi connectivity index (χ1n) is 10.1. The molecule has 8 heteroatoms. The number of anilines is 1. The molecule has 0 saturated carbocycles. The number of nitrogens with zero attached hydrogens (tertiary/aromatic N) is 3. The van der Waals surface area contributed by atoms with E-state index in [4.69, 9.17) is 9.47 Å². The van der Waals surface area contributed by atoms with Crippen molar-refractivity contribution in [1.29, 1.82) is 0 Å². The van der Waals surface area contributed by atoms with Crippen LogP contribution in [0, 0.1) is 5.82 Å². The minimum Gasteiger partial charge on any atom is -0.481 e. The van der Waals surface area contributed by atoms with Crippen LogP contribution in [0.5, 0.6) is 5.88 Å². The summed E-state index contributed by atoms with van der Waals surface area (Å²) in [6.07, 6.45) is 3.42. The monoisotopic (exact) mass is 437 g/mol. The number of ether oxygens (including phenoxy) is 2. The van der Waals surface area contributed by atoms with Crippen molar-refractivity contribution in [3.63, 3.8) is 0 Å². The highest BCUT2D eigenvalue weighted by Crippen LogP contribution is 2.26. The van der Waals surface area contributed by atoms with Crippen LogP contribution in [0.1, 0.15) is 29.4 Å². The maximum atomic E-state index is 14.6. The summed E-state index contributed by atoms with van der Waals surface area (Å²) in [4.78, 5) is 33.8. The standard InChI is InChI=1S/C24H24FN3O4/c1-4-32-24(30)28(2)21-10-8-17(13-19(21)25)18-7-9-20(26-15-18)22(29)11-5-16-6-12-23(31-3)27-14-16/h6-10,12-15H,4-5,11H2,1-3H3. The van der Waals surface area contributed by atoms with E-state index in [0.717, 1.165) is 10.5 Å². The smallest absolute Gasteiger partial charge is 0.414 e. The number of ketones is 1. The lowest BCUT2D eigenvalue weighted by Gasteiger charge is -2.17. The number of hydrogen-bond donors (Lipinski definition) is 0. The number of aromatic nitrogens is 2. The maximum Gasteiger partial charge on any atom is 0.414 e. The molecule has 0 fully saturated rings. The Labute approximate surface area is 185 Å². The first-order valence-corrected chi connectivity index (χ1v) is 10.1. The summed E-state index contributed by atoms with van der Waals surface area (Å²) in [5.41, 5.74) is 2.62. The number of halogens is 1. The second-order valence-corrected chi connectivity index (χ2v) is 6.99. The van der Waals surface area contributed by atoms with Gasteiger partial charge in [-0.3, -0.25) is 14.7 Å². The van der Waals surface area contributed by atoms with E-state index in [9.17, 15) is 14.0 Å². The molecule has 7 nitrogen and oxygen atoms in total. The van der Waals surface area contributed by atoms with Crippen molar-refractivity contribution in [2.75, 3.05) is 25.7 Å². The van der Waals surface area contributed by atoms with E-state index >= 15 is 0 Å². The number of hydrogen-bond acceptors (Lipinski definition) is 6. The van der Waals surface area contributed by atoms with Crippen molar-refractivity contribution >= 4 is 17.6 Å². The molecule has 0 aliphatic carbocycles. The zero-order chi connectivity index (χ0) is 23.1. The molecule has 1 aromatic carbocycles. The Bertz CT molecular complexity index is 1090. The molecule has 0 spiro atoms. The normalized spacial score (nSPS) is 10.5. The topological polar surface area (TPSA) is 81.6 Å². The van der Waals surface area contributed by atoms with Gasteiger partial charge >= 0.3 is 6.09 Å². The largest absolute Gasteiger partial charge is 0.481 e. The van der Waals surface area contributed by atoms with E-state index in [-0.39, 0.29) is 18.1 Å². The fraction of sp³-hybridized carbons (Fsp3) is 0.250. The Balaban J connectivity index is 1.66. The first kappa shape index (κ1) is 22.9. The number of benzene rings is 1. The van der Waals surface area contributed by atoms with E-state index in [1.807, 2.05) is 6.07 Å². The van der Waals surface area contributed by atoms with Crippen LogP contribution in [0.3, 0.4) is 0 Å². The summed E-state index contributed by atoms with van der Waals surface area (Å²) in [6, 6.07) is 11.5. The SMILES string of the molecule is CCOC(=O)N(C)c1ccc(-c2ccc(C(=O)CCc3ccc(OC)nc3)nc2)cc1F. The van der Waals surface area contributed by atoms with Gasteiger partial charge in [-0.25, -0.2) is 14.2 Å². The summed E-state index contributed by atoms with van der Waals surface area (Å²) in [5.74, 6) is -0.134. The van der Waals surface area contributed by atoms with E-state index in [1.54, 1.807) is 44.5 Å². The number of aryl methyl sites for hydroxylation is 1. The lowest BCUT2D eigenvalue weighted by molar-refractivity contribution is 0.0978. The quantitative estimate of drug-likeness (QED) is 0.475. The van der Waals surface area contributed by atoms with Gasteiger partial charge in [0.1, 0.15) is 11.5 Å². The number of methoxy groups -OCH3 is 1.